The zero-order valence-electron chi connectivity index (χ0n) is 9.02. The summed E-state index contributed by atoms with van der Waals surface area (Å²) in [5, 5.41) is 9.40. The summed E-state index contributed by atoms with van der Waals surface area (Å²) in [6.07, 6.45) is 2.27. The molecule has 0 unspecified atom stereocenters. The normalized spacial score (nSPS) is 17.3. The van der Waals surface area contributed by atoms with Crippen LogP contribution in [0.15, 0.2) is 42.5 Å². The van der Waals surface area contributed by atoms with Gasteiger partial charge in [0, 0.05) is 15.2 Å². The molecule has 1 N–H and O–H groups in total. The van der Waals surface area contributed by atoms with Crippen molar-refractivity contribution in [1.82, 2.24) is 0 Å². The van der Waals surface area contributed by atoms with Gasteiger partial charge in [0.15, 0.2) is 0 Å². The lowest BCUT2D eigenvalue weighted by atomic mass is 10.1. The average Bonchev–Trinajstić information content (AvgIpc) is 3.00. The maximum atomic E-state index is 9.40. The topological polar surface area (TPSA) is 20.2 Å². The number of aliphatic hydroxyl groups excluding tert-OH is 1. The average molecular weight is 230 g/mol. The fourth-order valence-electron chi connectivity index (χ4n) is 2.01. The van der Waals surface area contributed by atoms with E-state index in [4.69, 9.17) is 0 Å². The van der Waals surface area contributed by atoms with Crippen LogP contribution in [0.4, 0.5) is 0 Å². The molecule has 0 bridgehead atoms. The number of thiophene rings is 1. The molecule has 0 aliphatic heterocycles. The van der Waals surface area contributed by atoms with Gasteiger partial charge in [0.25, 0.3) is 0 Å². The van der Waals surface area contributed by atoms with Crippen LogP contribution < -0.4 is 0 Å². The smallest absolute Gasteiger partial charge is 0.0535 e. The molecule has 3 rings (SSSR count). The van der Waals surface area contributed by atoms with Crippen molar-refractivity contribution in [3.8, 4) is 10.4 Å². The van der Waals surface area contributed by atoms with Crippen LogP contribution >= 0.6 is 11.3 Å². The molecule has 2 aromatic rings. The molecule has 1 aliphatic carbocycles. The second-order valence-electron chi connectivity index (χ2n) is 4.47. The third-order valence-electron chi connectivity index (χ3n) is 3.34. The van der Waals surface area contributed by atoms with Gasteiger partial charge in [-0.2, -0.15) is 0 Å². The van der Waals surface area contributed by atoms with Crippen LogP contribution in [0, 0.1) is 0 Å². The molecule has 0 amide bonds. The van der Waals surface area contributed by atoms with Crippen molar-refractivity contribution in [2.75, 3.05) is 6.61 Å². The van der Waals surface area contributed by atoms with Crippen LogP contribution in [-0.4, -0.2) is 11.7 Å². The second kappa shape index (κ2) is 3.72. The minimum Gasteiger partial charge on any atom is -0.395 e. The van der Waals surface area contributed by atoms with Crippen LogP contribution in [0.2, 0.25) is 0 Å². The first-order chi connectivity index (χ1) is 7.84. The molecule has 0 saturated heterocycles. The lowest BCUT2D eigenvalue weighted by Gasteiger charge is -2.07. The number of rotatable bonds is 3. The number of aliphatic hydroxyl groups is 1. The summed E-state index contributed by atoms with van der Waals surface area (Å²) in [6.45, 7) is 0.293. The maximum Gasteiger partial charge on any atom is 0.0535 e. The van der Waals surface area contributed by atoms with Crippen LogP contribution in [0.3, 0.4) is 0 Å². The van der Waals surface area contributed by atoms with Crippen LogP contribution in [0.1, 0.15) is 17.7 Å². The minimum absolute atomic E-state index is 0.109. The van der Waals surface area contributed by atoms with Gasteiger partial charge in [-0.05, 0) is 30.5 Å². The molecule has 16 heavy (non-hydrogen) atoms. The summed E-state index contributed by atoms with van der Waals surface area (Å²) in [4.78, 5) is 2.64. The fourth-order valence-corrected chi connectivity index (χ4v) is 3.26. The second-order valence-corrected chi connectivity index (χ2v) is 5.55. The highest BCUT2D eigenvalue weighted by atomic mass is 32.1. The van der Waals surface area contributed by atoms with Gasteiger partial charge in [0.2, 0.25) is 0 Å². The molecule has 1 nitrogen and oxygen atoms in total. The Bertz CT molecular complexity index is 482. The highest BCUT2D eigenvalue weighted by Crippen LogP contribution is 2.51. The Morgan fingerprint density at radius 1 is 1.06 bits per heavy atom. The van der Waals surface area contributed by atoms with Gasteiger partial charge < -0.3 is 5.11 Å². The third-order valence-corrected chi connectivity index (χ3v) is 4.72. The van der Waals surface area contributed by atoms with Gasteiger partial charge in [0.1, 0.15) is 0 Å². The maximum absolute atomic E-state index is 9.40. The van der Waals surface area contributed by atoms with E-state index in [9.17, 15) is 5.11 Å². The highest BCUT2D eigenvalue weighted by molar-refractivity contribution is 7.15. The van der Waals surface area contributed by atoms with Crippen molar-refractivity contribution in [3.05, 3.63) is 47.3 Å². The molecular weight excluding hydrogens is 216 g/mol. The van der Waals surface area contributed by atoms with E-state index in [1.165, 1.54) is 15.3 Å². The molecule has 0 spiro atoms. The Hall–Kier alpha value is -1.12. The molecule has 82 valence electrons. The third kappa shape index (κ3) is 1.58. The first-order valence-electron chi connectivity index (χ1n) is 5.61. The Labute approximate surface area is 99.4 Å². The lowest BCUT2D eigenvalue weighted by molar-refractivity contribution is 0.257. The summed E-state index contributed by atoms with van der Waals surface area (Å²) in [7, 11) is 0. The SMILES string of the molecule is OCC1(c2ccc(-c3ccccc3)s2)CC1. The van der Waals surface area contributed by atoms with Gasteiger partial charge in [-0.1, -0.05) is 30.3 Å². The van der Waals surface area contributed by atoms with Crippen molar-refractivity contribution in [2.45, 2.75) is 18.3 Å². The van der Waals surface area contributed by atoms with Gasteiger partial charge in [-0.15, -0.1) is 11.3 Å². The zero-order chi connectivity index (χ0) is 11.0. The lowest BCUT2D eigenvalue weighted by Crippen LogP contribution is -2.09. The predicted molar refractivity (Wildman–Crippen MR) is 67.8 cm³/mol. The predicted octanol–water partition coefficient (Wildman–Crippen LogP) is 3.44. The highest BCUT2D eigenvalue weighted by Gasteiger charge is 2.44. The Balaban J connectivity index is 1.94. The van der Waals surface area contributed by atoms with Gasteiger partial charge in [-0.3, -0.25) is 0 Å². The summed E-state index contributed by atoms with van der Waals surface area (Å²) >= 11 is 1.82. The summed E-state index contributed by atoms with van der Waals surface area (Å²) in [5.41, 5.74) is 1.38. The fraction of sp³-hybridized carbons (Fsp3) is 0.286. The van der Waals surface area contributed by atoms with E-state index in [0.29, 0.717) is 6.61 Å². The molecule has 1 aromatic heterocycles. The van der Waals surface area contributed by atoms with E-state index in [2.05, 4.69) is 36.4 Å². The molecule has 0 radical (unpaired) electrons. The Kier molecular flexibility index (Phi) is 2.34. The Morgan fingerprint density at radius 3 is 2.44 bits per heavy atom. The molecule has 2 heteroatoms. The van der Waals surface area contributed by atoms with E-state index < -0.39 is 0 Å². The van der Waals surface area contributed by atoms with E-state index in [1.807, 2.05) is 17.4 Å². The van der Waals surface area contributed by atoms with E-state index in [1.54, 1.807) is 0 Å². The molecule has 1 aromatic carbocycles. The van der Waals surface area contributed by atoms with Gasteiger partial charge in [0.05, 0.1) is 6.61 Å². The van der Waals surface area contributed by atoms with E-state index in [0.717, 1.165) is 12.8 Å². The molecule has 1 aliphatic rings. The van der Waals surface area contributed by atoms with Crippen LogP contribution in [0.5, 0.6) is 0 Å². The monoisotopic (exact) mass is 230 g/mol. The quantitative estimate of drug-likeness (QED) is 0.856. The first kappa shape index (κ1) is 10.1. The van der Waals surface area contributed by atoms with Crippen molar-refractivity contribution in [3.63, 3.8) is 0 Å². The number of hydrogen-bond acceptors (Lipinski definition) is 2. The molecular formula is C14H14OS. The van der Waals surface area contributed by atoms with Crippen LogP contribution in [-0.2, 0) is 5.41 Å². The summed E-state index contributed by atoms with van der Waals surface area (Å²) in [6, 6.07) is 14.8. The largest absolute Gasteiger partial charge is 0.395 e. The Morgan fingerprint density at radius 2 is 1.81 bits per heavy atom. The van der Waals surface area contributed by atoms with E-state index >= 15 is 0 Å². The van der Waals surface area contributed by atoms with Gasteiger partial charge >= 0.3 is 0 Å². The minimum atomic E-state index is 0.109. The first-order valence-corrected chi connectivity index (χ1v) is 6.42. The standard InChI is InChI=1S/C14H14OS/c15-10-14(8-9-14)13-7-6-12(16-13)11-4-2-1-3-5-11/h1-7,15H,8-10H2. The van der Waals surface area contributed by atoms with Crippen LogP contribution in [0.25, 0.3) is 10.4 Å². The summed E-state index contributed by atoms with van der Waals surface area (Å²) in [5.74, 6) is 0. The molecule has 0 atom stereocenters. The number of hydrogen-bond donors (Lipinski definition) is 1. The zero-order valence-corrected chi connectivity index (χ0v) is 9.83. The molecule has 1 saturated carbocycles. The number of benzene rings is 1. The van der Waals surface area contributed by atoms with Crippen molar-refractivity contribution >= 4 is 11.3 Å². The van der Waals surface area contributed by atoms with Crippen molar-refractivity contribution in [2.24, 2.45) is 0 Å². The molecule has 1 fully saturated rings. The molecule has 1 heterocycles. The van der Waals surface area contributed by atoms with Crippen molar-refractivity contribution < 1.29 is 5.11 Å². The van der Waals surface area contributed by atoms with Gasteiger partial charge in [-0.25, -0.2) is 0 Å². The summed E-state index contributed by atoms with van der Waals surface area (Å²) < 4.78 is 0. The van der Waals surface area contributed by atoms with Crippen molar-refractivity contribution in [1.29, 1.82) is 0 Å². The van der Waals surface area contributed by atoms with E-state index in [-0.39, 0.29) is 5.41 Å².